The second-order valence-electron chi connectivity index (χ2n) is 4.90. The van der Waals surface area contributed by atoms with Gasteiger partial charge in [0, 0.05) is 24.6 Å². The number of hydrogen-bond acceptors (Lipinski definition) is 2. The molecular formula is C14H19NO2. The highest BCUT2D eigenvalue weighted by atomic mass is 16.5. The van der Waals surface area contributed by atoms with Gasteiger partial charge < -0.3 is 10.1 Å². The van der Waals surface area contributed by atoms with Crippen LogP contribution in [0.4, 0.5) is 0 Å². The first kappa shape index (κ1) is 12.0. The maximum Gasteiger partial charge on any atom is 0.251 e. The molecule has 0 bridgehead atoms. The minimum Gasteiger partial charge on any atom is -0.487 e. The summed E-state index contributed by atoms with van der Waals surface area (Å²) in [6.45, 7) is 6.23. The normalized spacial score (nSPS) is 21.9. The van der Waals surface area contributed by atoms with Crippen molar-refractivity contribution in [3.8, 4) is 5.75 Å². The standard InChI is InChI=1S/C14H19NO2/c1-5-14(3)8-11-10(13(16)15-4)7-6-9(2)12(11)17-14/h6-7H,5,8H2,1-4H3,(H,15,16). The van der Waals surface area contributed by atoms with Crippen molar-refractivity contribution in [1.82, 2.24) is 5.32 Å². The monoisotopic (exact) mass is 233 g/mol. The van der Waals surface area contributed by atoms with Gasteiger partial charge in [0.15, 0.2) is 0 Å². The van der Waals surface area contributed by atoms with Crippen molar-refractivity contribution in [3.05, 3.63) is 28.8 Å². The highest BCUT2D eigenvalue weighted by molar-refractivity contribution is 5.96. The van der Waals surface area contributed by atoms with Crippen LogP contribution in [-0.2, 0) is 6.42 Å². The van der Waals surface area contributed by atoms with E-state index in [1.165, 1.54) is 0 Å². The molecule has 1 N–H and O–H groups in total. The zero-order valence-corrected chi connectivity index (χ0v) is 10.9. The third kappa shape index (κ3) is 1.90. The van der Waals surface area contributed by atoms with Gasteiger partial charge in [0.1, 0.15) is 11.4 Å². The summed E-state index contributed by atoms with van der Waals surface area (Å²) in [7, 11) is 1.66. The number of rotatable bonds is 2. The van der Waals surface area contributed by atoms with E-state index in [2.05, 4.69) is 19.2 Å². The van der Waals surface area contributed by atoms with Crippen molar-refractivity contribution in [1.29, 1.82) is 0 Å². The van der Waals surface area contributed by atoms with Gasteiger partial charge in [0.05, 0.1) is 0 Å². The summed E-state index contributed by atoms with van der Waals surface area (Å²) < 4.78 is 6.03. The summed E-state index contributed by atoms with van der Waals surface area (Å²) in [5, 5.41) is 2.68. The lowest BCUT2D eigenvalue weighted by atomic mass is 9.93. The summed E-state index contributed by atoms with van der Waals surface area (Å²) in [4.78, 5) is 11.8. The quantitative estimate of drug-likeness (QED) is 0.852. The van der Waals surface area contributed by atoms with Gasteiger partial charge >= 0.3 is 0 Å². The maximum atomic E-state index is 11.8. The molecule has 17 heavy (non-hydrogen) atoms. The summed E-state index contributed by atoms with van der Waals surface area (Å²) in [6, 6.07) is 3.84. The maximum absolute atomic E-state index is 11.8. The number of fused-ring (bicyclic) bond motifs is 1. The van der Waals surface area contributed by atoms with Crippen LogP contribution in [0.5, 0.6) is 5.75 Å². The molecule has 0 saturated carbocycles. The Hall–Kier alpha value is -1.51. The van der Waals surface area contributed by atoms with E-state index in [4.69, 9.17) is 4.74 Å². The van der Waals surface area contributed by atoms with Crippen molar-refractivity contribution in [3.63, 3.8) is 0 Å². The van der Waals surface area contributed by atoms with E-state index in [0.717, 1.165) is 35.3 Å². The molecule has 0 saturated heterocycles. The zero-order chi connectivity index (χ0) is 12.6. The summed E-state index contributed by atoms with van der Waals surface area (Å²) in [5.41, 5.74) is 2.72. The third-order valence-corrected chi connectivity index (χ3v) is 3.58. The fourth-order valence-corrected chi connectivity index (χ4v) is 2.26. The molecule has 0 radical (unpaired) electrons. The zero-order valence-electron chi connectivity index (χ0n) is 10.9. The molecule has 1 heterocycles. The van der Waals surface area contributed by atoms with Crippen molar-refractivity contribution < 1.29 is 9.53 Å². The van der Waals surface area contributed by atoms with Crippen LogP contribution in [0.3, 0.4) is 0 Å². The lowest BCUT2D eigenvalue weighted by molar-refractivity contribution is 0.0962. The van der Waals surface area contributed by atoms with E-state index < -0.39 is 0 Å². The van der Waals surface area contributed by atoms with Gasteiger partial charge in [-0.15, -0.1) is 0 Å². The molecule has 0 fully saturated rings. The summed E-state index contributed by atoms with van der Waals surface area (Å²) >= 11 is 0. The summed E-state index contributed by atoms with van der Waals surface area (Å²) in [6.07, 6.45) is 1.75. The molecule has 2 rings (SSSR count). The Morgan fingerprint density at radius 3 is 2.82 bits per heavy atom. The van der Waals surface area contributed by atoms with Crippen LogP contribution in [0.25, 0.3) is 0 Å². The number of amides is 1. The van der Waals surface area contributed by atoms with Crippen molar-refractivity contribution in [2.45, 2.75) is 39.2 Å². The van der Waals surface area contributed by atoms with E-state index in [9.17, 15) is 4.79 Å². The minimum absolute atomic E-state index is 0.0368. The van der Waals surface area contributed by atoms with Crippen LogP contribution in [0, 0.1) is 6.92 Å². The lowest BCUT2D eigenvalue weighted by Gasteiger charge is -2.21. The Morgan fingerprint density at radius 1 is 1.53 bits per heavy atom. The van der Waals surface area contributed by atoms with Crippen molar-refractivity contribution in [2.24, 2.45) is 0 Å². The molecule has 1 aromatic rings. The smallest absolute Gasteiger partial charge is 0.251 e. The van der Waals surface area contributed by atoms with E-state index >= 15 is 0 Å². The number of carbonyl (C=O) groups excluding carboxylic acids is 1. The first-order valence-corrected chi connectivity index (χ1v) is 6.04. The van der Waals surface area contributed by atoms with Gasteiger partial charge in [-0.05, 0) is 31.9 Å². The molecular weight excluding hydrogens is 214 g/mol. The van der Waals surface area contributed by atoms with E-state index in [-0.39, 0.29) is 11.5 Å². The molecule has 0 aliphatic carbocycles. The molecule has 3 heteroatoms. The average Bonchev–Trinajstić information content (AvgIpc) is 2.68. The molecule has 0 spiro atoms. The van der Waals surface area contributed by atoms with Gasteiger partial charge in [-0.3, -0.25) is 4.79 Å². The van der Waals surface area contributed by atoms with Crippen LogP contribution >= 0.6 is 0 Å². The van der Waals surface area contributed by atoms with Gasteiger partial charge in [0.25, 0.3) is 5.91 Å². The van der Waals surface area contributed by atoms with Gasteiger partial charge in [0.2, 0.25) is 0 Å². The SMILES string of the molecule is CCC1(C)Cc2c(C(=O)NC)ccc(C)c2O1. The number of hydrogen-bond donors (Lipinski definition) is 1. The molecule has 1 unspecified atom stereocenters. The Labute approximate surface area is 102 Å². The second-order valence-corrected chi connectivity index (χ2v) is 4.90. The van der Waals surface area contributed by atoms with Gasteiger partial charge in [-0.1, -0.05) is 13.0 Å². The lowest BCUT2D eigenvalue weighted by Crippen LogP contribution is -2.29. The number of aryl methyl sites for hydroxylation is 1. The van der Waals surface area contributed by atoms with Crippen LogP contribution in [0.2, 0.25) is 0 Å². The highest BCUT2D eigenvalue weighted by Crippen LogP contribution is 2.40. The second kappa shape index (κ2) is 4.06. The Morgan fingerprint density at radius 2 is 2.24 bits per heavy atom. The fraction of sp³-hybridized carbons (Fsp3) is 0.500. The number of benzene rings is 1. The topological polar surface area (TPSA) is 38.3 Å². The molecule has 92 valence electrons. The molecule has 0 aromatic heterocycles. The van der Waals surface area contributed by atoms with Crippen molar-refractivity contribution in [2.75, 3.05) is 7.05 Å². The molecule has 3 nitrogen and oxygen atoms in total. The molecule has 1 aliphatic heterocycles. The van der Waals surface area contributed by atoms with Gasteiger partial charge in [-0.2, -0.15) is 0 Å². The van der Waals surface area contributed by atoms with E-state index in [1.807, 2.05) is 19.1 Å². The Bertz CT molecular complexity index is 468. The molecule has 1 aliphatic rings. The average molecular weight is 233 g/mol. The molecule has 1 atom stereocenters. The number of ether oxygens (including phenoxy) is 1. The van der Waals surface area contributed by atoms with Crippen LogP contribution in [0.15, 0.2) is 12.1 Å². The summed E-state index contributed by atoms with van der Waals surface area (Å²) in [5.74, 6) is 0.862. The van der Waals surface area contributed by atoms with E-state index in [1.54, 1.807) is 7.05 Å². The molecule has 1 aromatic carbocycles. The van der Waals surface area contributed by atoms with Crippen molar-refractivity contribution >= 4 is 5.91 Å². The highest BCUT2D eigenvalue weighted by Gasteiger charge is 2.36. The van der Waals surface area contributed by atoms with Crippen LogP contribution in [-0.4, -0.2) is 18.6 Å². The predicted octanol–water partition coefficient (Wildman–Crippen LogP) is 2.46. The number of carbonyl (C=O) groups is 1. The first-order chi connectivity index (χ1) is 8.00. The fourth-order valence-electron chi connectivity index (χ4n) is 2.26. The third-order valence-electron chi connectivity index (χ3n) is 3.58. The predicted molar refractivity (Wildman–Crippen MR) is 67.6 cm³/mol. The van der Waals surface area contributed by atoms with Crippen LogP contribution < -0.4 is 10.1 Å². The van der Waals surface area contributed by atoms with E-state index in [0.29, 0.717) is 0 Å². The first-order valence-electron chi connectivity index (χ1n) is 6.04. The Balaban J connectivity index is 2.51. The van der Waals surface area contributed by atoms with Crippen LogP contribution in [0.1, 0.15) is 41.8 Å². The Kier molecular flexibility index (Phi) is 2.86. The molecule has 1 amide bonds. The largest absolute Gasteiger partial charge is 0.487 e. The number of nitrogens with one attached hydrogen (secondary N) is 1. The minimum atomic E-state index is -0.169. The van der Waals surface area contributed by atoms with Gasteiger partial charge in [-0.25, -0.2) is 0 Å².